The fourth-order valence-corrected chi connectivity index (χ4v) is 1.99. The topological polar surface area (TPSA) is 89.8 Å². The summed E-state index contributed by atoms with van der Waals surface area (Å²) in [5.41, 5.74) is 2.38. The van der Waals surface area contributed by atoms with Gasteiger partial charge in [0.1, 0.15) is 0 Å². The van der Waals surface area contributed by atoms with Crippen LogP contribution in [0.3, 0.4) is 0 Å². The summed E-state index contributed by atoms with van der Waals surface area (Å²) in [5.74, 6) is -1.58. The Bertz CT molecular complexity index is 401. The first-order valence-electron chi connectivity index (χ1n) is 5.95. The molecule has 1 atom stereocenters. The number of hydrogen-bond donors (Lipinski definition) is 4. The van der Waals surface area contributed by atoms with E-state index in [1.54, 1.807) is 0 Å². The molecule has 0 amide bonds. The third-order valence-electron chi connectivity index (χ3n) is 2.73. The average Bonchev–Trinajstić information content (AvgIpc) is 2.34. The van der Waals surface area contributed by atoms with Crippen molar-refractivity contribution in [3.8, 4) is 0 Å². The molecule has 0 saturated carbocycles. The van der Waals surface area contributed by atoms with Crippen LogP contribution in [0.1, 0.15) is 24.5 Å². The van der Waals surface area contributed by atoms with E-state index in [0.29, 0.717) is 13.1 Å². The minimum absolute atomic E-state index is 0.0390. The van der Waals surface area contributed by atoms with Crippen molar-refractivity contribution in [2.75, 3.05) is 6.54 Å². The Hall–Kier alpha value is -0.710. The number of aliphatic hydroxyl groups is 1. The summed E-state index contributed by atoms with van der Waals surface area (Å²) in [7, 11) is -4.36. The van der Waals surface area contributed by atoms with E-state index in [1.165, 1.54) is 5.56 Å². The molecule has 1 aromatic carbocycles. The molecule has 1 rings (SSSR count). The van der Waals surface area contributed by atoms with Crippen molar-refractivity contribution < 1.29 is 19.5 Å². The Morgan fingerprint density at radius 2 is 1.78 bits per heavy atom. The third kappa shape index (κ3) is 5.29. The van der Waals surface area contributed by atoms with E-state index in [0.717, 1.165) is 12.0 Å². The summed E-state index contributed by atoms with van der Waals surface area (Å²) >= 11 is 0. The Kier molecular flexibility index (Phi) is 5.99. The minimum Gasteiger partial charge on any atom is -0.380 e. The van der Waals surface area contributed by atoms with Gasteiger partial charge in [0.05, 0.1) is 0 Å². The largest absolute Gasteiger partial charge is 0.380 e. The van der Waals surface area contributed by atoms with Crippen LogP contribution < -0.4 is 5.32 Å². The Morgan fingerprint density at radius 3 is 2.28 bits per heavy atom. The van der Waals surface area contributed by atoms with Gasteiger partial charge < -0.3 is 20.2 Å². The fraction of sp³-hybridized carbons (Fsp3) is 0.500. The molecule has 0 fully saturated rings. The molecule has 0 spiro atoms. The lowest BCUT2D eigenvalue weighted by molar-refractivity contribution is 0.193. The first-order valence-corrected chi connectivity index (χ1v) is 7.63. The molecule has 0 radical (unpaired) electrons. The van der Waals surface area contributed by atoms with Gasteiger partial charge in [-0.3, -0.25) is 4.57 Å². The van der Waals surface area contributed by atoms with Gasteiger partial charge in [0.25, 0.3) is 0 Å². The van der Waals surface area contributed by atoms with E-state index >= 15 is 0 Å². The Balaban J connectivity index is 2.27. The maximum atomic E-state index is 10.7. The molecule has 18 heavy (non-hydrogen) atoms. The summed E-state index contributed by atoms with van der Waals surface area (Å²) in [6.45, 7) is 3.08. The van der Waals surface area contributed by atoms with E-state index in [9.17, 15) is 4.57 Å². The Morgan fingerprint density at radius 1 is 1.22 bits per heavy atom. The molecule has 0 heterocycles. The molecule has 0 aromatic heterocycles. The van der Waals surface area contributed by atoms with Crippen LogP contribution in [0, 0.1) is 0 Å². The van der Waals surface area contributed by atoms with Crippen LogP contribution in [0.4, 0.5) is 0 Å². The molecule has 6 heteroatoms. The van der Waals surface area contributed by atoms with Crippen LogP contribution in [-0.4, -0.2) is 27.3 Å². The van der Waals surface area contributed by atoms with Crippen LogP contribution in [0.5, 0.6) is 0 Å². The summed E-state index contributed by atoms with van der Waals surface area (Å²) in [6.07, 6.45) is 1.04. The fourth-order valence-electron chi connectivity index (χ4n) is 1.52. The highest BCUT2D eigenvalue weighted by Gasteiger charge is 2.25. The normalized spacial score (nSPS) is 13.6. The van der Waals surface area contributed by atoms with Crippen molar-refractivity contribution in [3.63, 3.8) is 0 Å². The third-order valence-corrected chi connectivity index (χ3v) is 3.76. The maximum Gasteiger partial charge on any atom is 0.353 e. The van der Waals surface area contributed by atoms with E-state index in [1.807, 2.05) is 12.1 Å². The number of aryl methyl sites for hydroxylation is 1. The predicted octanol–water partition coefficient (Wildman–Crippen LogP) is 1.22. The maximum absolute atomic E-state index is 10.7. The van der Waals surface area contributed by atoms with E-state index in [-0.39, 0.29) is 6.42 Å². The number of aliphatic hydroxyl groups excluding tert-OH is 1. The van der Waals surface area contributed by atoms with Crippen molar-refractivity contribution >= 4 is 7.60 Å². The van der Waals surface area contributed by atoms with Gasteiger partial charge >= 0.3 is 7.60 Å². The molecule has 0 aliphatic carbocycles. The summed E-state index contributed by atoms with van der Waals surface area (Å²) in [6, 6.07) is 8.15. The molecule has 0 bridgehead atoms. The van der Waals surface area contributed by atoms with Gasteiger partial charge in [-0.1, -0.05) is 31.2 Å². The first kappa shape index (κ1) is 15.3. The average molecular weight is 273 g/mol. The lowest BCUT2D eigenvalue weighted by Gasteiger charge is -2.12. The Labute approximate surface area is 107 Å². The highest BCUT2D eigenvalue weighted by Crippen LogP contribution is 2.40. The van der Waals surface area contributed by atoms with Crippen molar-refractivity contribution in [3.05, 3.63) is 35.4 Å². The molecule has 0 saturated heterocycles. The molecular weight excluding hydrogens is 253 g/mol. The van der Waals surface area contributed by atoms with Gasteiger partial charge in [0.15, 0.2) is 5.85 Å². The van der Waals surface area contributed by atoms with Crippen molar-refractivity contribution in [1.82, 2.24) is 5.32 Å². The molecule has 1 unspecified atom stereocenters. The molecular formula is C12H20NO4P. The number of hydrogen-bond acceptors (Lipinski definition) is 3. The zero-order valence-corrected chi connectivity index (χ0v) is 11.3. The zero-order chi connectivity index (χ0) is 13.6. The van der Waals surface area contributed by atoms with Gasteiger partial charge in [-0.2, -0.15) is 0 Å². The van der Waals surface area contributed by atoms with Crippen molar-refractivity contribution in [2.24, 2.45) is 0 Å². The lowest BCUT2D eigenvalue weighted by atomic mass is 10.1. The number of benzene rings is 1. The van der Waals surface area contributed by atoms with Crippen LogP contribution in [-0.2, 0) is 17.5 Å². The second kappa shape index (κ2) is 7.02. The lowest BCUT2D eigenvalue weighted by Crippen LogP contribution is -2.20. The highest BCUT2D eigenvalue weighted by atomic mass is 31.2. The molecule has 102 valence electrons. The van der Waals surface area contributed by atoms with Crippen LogP contribution in [0.15, 0.2) is 24.3 Å². The molecule has 0 aliphatic rings. The van der Waals surface area contributed by atoms with Gasteiger partial charge in [0.2, 0.25) is 0 Å². The second-order valence-electron chi connectivity index (χ2n) is 4.21. The summed E-state index contributed by atoms with van der Waals surface area (Å²) < 4.78 is 10.7. The highest BCUT2D eigenvalue weighted by molar-refractivity contribution is 7.52. The van der Waals surface area contributed by atoms with Crippen LogP contribution >= 0.6 is 7.60 Å². The monoisotopic (exact) mass is 273 g/mol. The molecule has 1 aromatic rings. The van der Waals surface area contributed by atoms with Crippen LogP contribution in [0.2, 0.25) is 0 Å². The standard InChI is InChI=1S/C12H20NO4P/c1-2-10-3-5-11(6-4-10)9-13-8-7-12(14)18(15,16)17/h3-6,12-14H,2,7-9H2,1H3,(H2,15,16,17). The first-order chi connectivity index (χ1) is 8.43. The van der Waals surface area contributed by atoms with Gasteiger partial charge in [-0.15, -0.1) is 0 Å². The van der Waals surface area contributed by atoms with E-state index in [4.69, 9.17) is 14.9 Å². The van der Waals surface area contributed by atoms with Gasteiger partial charge in [-0.05, 0) is 30.5 Å². The number of nitrogens with one attached hydrogen (secondary N) is 1. The van der Waals surface area contributed by atoms with Gasteiger partial charge in [0, 0.05) is 6.54 Å². The van der Waals surface area contributed by atoms with Crippen molar-refractivity contribution in [2.45, 2.75) is 32.2 Å². The van der Waals surface area contributed by atoms with Crippen LogP contribution in [0.25, 0.3) is 0 Å². The van der Waals surface area contributed by atoms with Gasteiger partial charge in [-0.25, -0.2) is 0 Å². The van der Waals surface area contributed by atoms with E-state index < -0.39 is 13.4 Å². The zero-order valence-electron chi connectivity index (χ0n) is 10.4. The molecule has 4 N–H and O–H groups in total. The van der Waals surface area contributed by atoms with Crippen molar-refractivity contribution in [1.29, 1.82) is 0 Å². The second-order valence-corrected chi connectivity index (χ2v) is 5.98. The molecule has 5 nitrogen and oxygen atoms in total. The predicted molar refractivity (Wildman–Crippen MR) is 70.2 cm³/mol. The minimum atomic E-state index is -4.36. The molecule has 0 aliphatic heterocycles. The SMILES string of the molecule is CCc1ccc(CNCCC(O)P(=O)(O)O)cc1. The summed E-state index contributed by atoms with van der Waals surface area (Å²) in [4.78, 5) is 17.4. The van der Waals surface area contributed by atoms with E-state index in [2.05, 4.69) is 24.4 Å². The summed E-state index contributed by atoms with van der Waals surface area (Å²) in [5, 5.41) is 12.2. The number of rotatable bonds is 7. The quantitative estimate of drug-likeness (QED) is 0.443. The smallest absolute Gasteiger partial charge is 0.353 e.